The van der Waals surface area contributed by atoms with Gasteiger partial charge in [-0.2, -0.15) is 10.2 Å². The van der Waals surface area contributed by atoms with Gasteiger partial charge in [0.2, 0.25) is 5.69 Å². The van der Waals surface area contributed by atoms with Crippen LogP contribution in [0.1, 0.15) is 10.5 Å². The molecule has 3 aromatic rings. The Morgan fingerprint density at radius 2 is 2.13 bits per heavy atom. The number of aromatic nitrogens is 5. The van der Waals surface area contributed by atoms with Gasteiger partial charge in [-0.15, -0.1) is 0 Å². The van der Waals surface area contributed by atoms with Gasteiger partial charge in [0.25, 0.3) is 5.91 Å². The Labute approximate surface area is 129 Å². The van der Waals surface area contributed by atoms with Gasteiger partial charge in [-0.05, 0) is 12.1 Å². The number of rotatable bonds is 4. The Kier molecular flexibility index (Phi) is 3.55. The minimum atomic E-state index is -0.677. The van der Waals surface area contributed by atoms with Crippen molar-refractivity contribution >= 4 is 17.4 Å². The van der Waals surface area contributed by atoms with E-state index in [-0.39, 0.29) is 11.4 Å². The van der Waals surface area contributed by atoms with E-state index in [2.05, 4.69) is 25.6 Å². The maximum atomic E-state index is 12.2. The van der Waals surface area contributed by atoms with Crippen molar-refractivity contribution in [2.45, 2.75) is 0 Å². The molecule has 10 heteroatoms. The van der Waals surface area contributed by atoms with Crippen molar-refractivity contribution in [2.75, 3.05) is 5.32 Å². The fourth-order valence-electron chi connectivity index (χ4n) is 2.01. The maximum Gasteiger partial charge on any atom is 0.319 e. The van der Waals surface area contributed by atoms with Gasteiger partial charge < -0.3 is 5.32 Å². The van der Waals surface area contributed by atoms with Crippen LogP contribution in [0.5, 0.6) is 0 Å². The van der Waals surface area contributed by atoms with Gasteiger partial charge in [0.05, 0.1) is 10.6 Å². The topological polar surface area (TPSA) is 132 Å². The van der Waals surface area contributed by atoms with Gasteiger partial charge in [0.1, 0.15) is 12.0 Å². The van der Waals surface area contributed by atoms with Crippen LogP contribution in [0, 0.1) is 10.1 Å². The van der Waals surface area contributed by atoms with E-state index in [9.17, 15) is 14.9 Å². The van der Waals surface area contributed by atoms with Crippen molar-refractivity contribution in [3.05, 3.63) is 52.6 Å². The highest BCUT2D eigenvalue weighted by Crippen LogP contribution is 2.22. The second kappa shape index (κ2) is 5.67. The summed E-state index contributed by atoms with van der Waals surface area (Å²) in [7, 11) is 1.65. The van der Waals surface area contributed by atoms with Crippen LogP contribution >= 0.6 is 0 Å². The van der Waals surface area contributed by atoms with E-state index in [0.717, 1.165) is 11.8 Å². The lowest BCUT2D eigenvalue weighted by Gasteiger charge is -2.02. The lowest BCUT2D eigenvalue weighted by molar-refractivity contribution is -0.385. The number of aryl methyl sites for hydroxylation is 1. The molecule has 2 N–H and O–H groups in total. The summed E-state index contributed by atoms with van der Waals surface area (Å²) in [6, 6.07) is 5.23. The molecular formula is C13H11N7O3. The van der Waals surface area contributed by atoms with Crippen LogP contribution in [0.25, 0.3) is 11.3 Å². The van der Waals surface area contributed by atoms with Crippen LogP contribution < -0.4 is 5.32 Å². The van der Waals surface area contributed by atoms with Crippen molar-refractivity contribution in [1.29, 1.82) is 0 Å². The molecule has 0 bridgehead atoms. The molecule has 0 atom stereocenters. The number of hydrogen-bond donors (Lipinski definition) is 2. The van der Waals surface area contributed by atoms with Gasteiger partial charge in [-0.25, -0.2) is 0 Å². The van der Waals surface area contributed by atoms with Crippen LogP contribution in [0.2, 0.25) is 0 Å². The van der Waals surface area contributed by atoms with E-state index >= 15 is 0 Å². The zero-order chi connectivity index (χ0) is 16.4. The summed E-state index contributed by atoms with van der Waals surface area (Å²) < 4.78 is 1.47. The summed E-state index contributed by atoms with van der Waals surface area (Å²) in [4.78, 5) is 26.3. The molecule has 0 radical (unpaired) electrons. The highest BCUT2D eigenvalue weighted by Gasteiger charge is 2.23. The summed E-state index contributed by atoms with van der Waals surface area (Å²) in [5.74, 6) is -0.274. The zero-order valence-electron chi connectivity index (χ0n) is 11.9. The summed E-state index contributed by atoms with van der Waals surface area (Å²) in [5.41, 5.74) is 0.869. The van der Waals surface area contributed by atoms with E-state index in [1.807, 2.05) is 0 Å². The summed E-state index contributed by atoms with van der Waals surface area (Å²) in [5, 5.41) is 23.5. The van der Waals surface area contributed by atoms with Crippen molar-refractivity contribution < 1.29 is 9.72 Å². The number of amides is 1. The van der Waals surface area contributed by atoms with Gasteiger partial charge >= 0.3 is 5.69 Å². The lowest BCUT2D eigenvalue weighted by Crippen LogP contribution is -2.16. The highest BCUT2D eigenvalue weighted by atomic mass is 16.6. The second-order valence-electron chi connectivity index (χ2n) is 4.62. The number of anilines is 1. The SMILES string of the molecule is Cn1nc(-c2ccncc2)cc1NC(=O)c1[nH]ncc1[N+](=O)[O-]. The third-order valence-electron chi connectivity index (χ3n) is 3.14. The molecule has 1 amide bonds. The Balaban J connectivity index is 1.86. The number of carbonyl (C=O) groups is 1. The van der Waals surface area contributed by atoms with Gasteiger partial charge in [0.15, 0.2) is 0 Å². The van der Waals surface area contributed by atoms with E-state index < -0.39 is 10.8 Å². The van der Waals surface area contributed by atoms with E-state index in [1.54, 1.807) is 37.6 Å². The summed E-state index contributed by atoms with van der Waals surface area (Å²) in [6.45, 7) is 0. The zero-order valence-corrected chi connectivity index (χ0v) is 11.9. The quantitative estimate of drug-likeness (QED) is 0.552. The fraction of sp³-hybridized carbons (Fsp3) is 0.0769. The van der Waals surface area contributed by atoms with Crippen LogP contribution in [-0.2, 0) is 7.05 Å². The number of carbonyl (C=O) groups excluding carboxylic acids is 1. The van der Waals surface area contributed by atoms with Gasteiger partial charge in [0, 0.05) is 31.1 Å². The Morgan fingerprint density at radius 3 is 2.83 bits per heavy atom. The number of pyridine rings is 1. The molecule has 116 valence electrons. The minimum absolute atomic E-state index is 0.221. The van der Waals surface area contributed by atoms with Crippen LogP contribution in [0.3, 0.4) is 0 Å². The average Bonchev–Trinajstić information content (AvgIpc) is 3.16. The van der Waals surface area contributed by atoms with Crippen LogP contribution in [0.4, 0.5) is 11.5 Å². The standard InChI is InChI=1S/C13H11N7O3/c1-19-11(6-9(18-19)8-2-4-14-5-3-8)16-13(21)12-10(20(22)23)7-15-17-12/h2-7H,1H3,(H,15,17)(H,16,21). The molecule has 0 aliphatic heterocycles. The third-order valence-corrected chi connectivity index (χ3v) is 3.14. The van der Waals surface area contributed by atoms with Gasteiger partial charge in [-0.3, -0.25) is 29.7 Å². The molecule has 0 saturated carbocycles. The van der Waals surface area contributed by atoms with E-state index in [4.69, 9.17) is 0 Å². The highest BCUT2D eigenvalue weighted by molar-refractivity contribution is 6.05. The molecule has 3 aromatic heterocycles. The van der Waals surface area contributed by atoms with Crippen molar-refractivity contribution in [1.82, 2.24) is 25.0 Å². The summed E-state index contributed by atoms with van der Waals surface area (Å²) in [6.07, 6.45) is 4.26. The number of H-pyrrole nitrogens is 1. The normalized spacial score (nSPS) is 10.5. The Morgan fingerprint density at radius 1 is 1.39 bits per heavy atom. The largest absolute Gasteiger partial charge is 0.319 e. The summed E-state index contributed by atoms with van der Waals surface area (Å²) >= 11 is 0. The maximum absolute atomic E-state index is 12.2. The predicted octanol–water partition coefficient (Wildman–Crippen LogP) is 1.37. The van der Waals surface area contributed by atoms with Crippen molar-refractivity contribution in [2.24, 2.45) is 7.05 Å². The molecule has 0 fully saturated rings. The number of nitro groups is 1. The Hall–Kier alpha value is -3.56. The predicted molar refractivity (Wildman–Crippen MR) is 79.6 cm³/mol. The molecule has 0 saturated heterocycles. The molecule has 3 rings (SSSR count). The van der Waals surface area contributed by atoms with Crippen molar-refractivity contribution in [3.63, 3.8) is 0 Å². The van der Waals surface area contributed by atoms with Crippen molar-refractivity contribution in [3.8, 4) is 11.3 Å². The molecular weight excluding hydrogens is 302 g/mol. The molecule has 0 aromatic carbocycles. The smallest absolute Gasteiger partial charge is 0.305 e. The monoisotopic (exact) mass is 313 g/mol. The van der Waals surface area contributed by atoms with Crippen LogP contribution in [-0.4, -0.2) is 35.8 Å². The first-order chi connectivity index (χ1) is 11.1. The second-order valence-corrected chi connectivity index (χ2v) is 4.62. The number of aromatic amines is 1. The molecule has 23 heavy (non-hydrogen) atoms. The number of nitrogens with one attached hydrogen (secondary N) is 2. The number of hydrogen-bond acceptors (Lipinski definition) is 6. The van der Waals surface area contributed by atoms with Gasteiger partial charge in [-0.1, -0.05) is 0 Å². The van der Waals surface area contributed by atoms with Crippen LogP contribution in [0.15, 0.2) is 36.8 Å². The molecule has 0 unspecified atom stereocenters. The first-order valence-corrected chi connectivity index (χ1v) is 6.50. The fourth-order valence-corrected chi connectivity index (χ4v) is 2.01. The third kappa shape index (κ3) is 2.77. The lowest BCUT2D eigenvalue weighted by atomic mass is 10.2. The van der Waals surface area contributed by atoms with E-state index in [0.29, 0.717) is 11.5 Å². The molecule has 10 nitrogen and oxygen atoms in total. The minimum Gasteiger partial charge on any atom is -0.305 e. The first-order valence-electron chi connectivity index (χ1n) is 6.50. The molecule has 0 aliphatic carbocycles. The Bertz CT molecular complexity index is 869. The molecule has 0 spiro atoms. The number of nitrogens with zero attached hydrogens (tertiary/aromatic N) is 5. The molecule has 0 aliphatic rings. The average molecular weight is 313 g/mol. The molecule has 3 heterocycles. The first kappa shape index (κ1) is 14.4. The van der Waals surface area contributed by atoms with E-state index in [1.165, 1.54) is 4.68 Å².